The number of hydrogen-bond acceptors (Lipinski definition) is 5. The van der Waals surface area contributed by atoms with Gasteiger partial charge in [0, 0.05) is 6.54 Å². The van der Waals surface area contributed by atoms with E-state index < -0.39 is 17.7 Å². The number of benzene rings is 1. The molecular weight excluding hydrogens is 281 g/mol. The Bertz CT molecular complexity index is 685. The highest BCUT2D eigenvalue weighted by atomic mass is 19.1. The van der Waals surface area contributed by atoms with Crippen LogP contribution >= 0.6 is 0 Å². The molecule has 9 heteroatoms. The molecule has 1 heterocycles. The van der Waals surface area contributed by atoms with Gasteiger partial charge in [-0.15, -0.1) is 5.10 Å². The molecule has 1 aromatic carbocycles. The monoisotopic (exact) mass is 293 g/mol. The third-order valence-corrected chi connectivity index (χ3v) is 2.59. The summed E-state index contributed by atoms with van der Waals surface area (Å²) in [5, 5.41) is 18.4. The van der Waals surface area contributed by atoms with Crippen LogP contribution in [0.25, 0.3) is 0 Å². The molecule has 1 aromatic heterocycles. The summed E-state index contributed by atoms with van der Waals surface area (Å²) in [6, 6.07) is 3.09. The summed E-state index contributed by atoms with van der Waals surface area (Å²) in [7, 11) is 0. The van der Waals surface area contributed by atoms with E-state index in [4.69, 9.17) is 10.8 Å². The molecule has 0 aliphatic rings. The molecule has 0 aliphatic heterocycles. The lowest BCUT2D eigenvalue weighted by Gasteiger charge is -2.05. The van der Waals surface area contributed by atoms with Gasteiger partial charge in [-0.3, -0.25) is 9.48 Å². The van der Waals surface area contributed by atoms with Crippen molar-refractivity contribution in [1.29, 1.82) is 0 Å². The second-order valence-electron chi connectivity index (χ2n) is 4.11. The van der Waals surface area contributed by atoms with Gasteiger partial charge >= 0.3 is 5.97 Å². The van der Waals surface area contributed by atoms with E-state index in [9.17, 15) is 14.0 Å². The van der Waals surface area contributed by atoms with E-state index in [0.29, 0.717) is 13.1 Å². The van der Waals surface area contributed by atoms with Crippen LogP contribution in [-0.2, 0) is 6.54 Å². The standard InChI is InChI=1S/C12H12FN5O3/c13-8-2-1-7(12(20)21)5-9(8)15-11(19)10-6-18(4-3-14)17-16-10/h1-2,5-6H,3-4,14H2,(H,15,19)(H,20,21). The molecule has 0 bridgehead atoms. The van der Waals surface area contributed by atoms with E-state index in [1.807, 2.05) is 0 Å². The van der Waals surface area contributed by atoms with E-state index in [1.165, 1.54) is 10.9 Å². The number of carbonyl (C=O) groups is 2. The van der Waals surface area contributed by atoms with Gasteiger partial charge in [-0.25, -0.2) is 9.18 Å². The van der Waals surface area contributed by atoms with Gasteiger partial charge < -0.3 is 16.2 Å². The Hall–Kier alpha value is -2.81. The smallest absolute Gasteiger partial charge is 0.335 e. The van der Waals surface area contributed by atoms with Gasteiger partial charge in [-0.05, 0) is 18.2 Å². The van der Waals surface area contributed by atoms with Crippen molar-refractivity contribution >= 4 is 17.6 Å². The van der Waals surface area contributed by atoms with Gasteiger partial charge in [0.2, 0.25) is 0 Å². The normalized spacial score (nSPS) is 10.4. The summed E-state index contributed by atoms with van der Waals surface area (Å²) >= 11 is 0. The predicted octanol–water partition coefficient (Wildman–Crippen LogP) is 0.326. The summed E-state index contributed by atoms with van der Waals surface area (Å²) in [5.41, 5.74) is 4.93. The summed E-state index contributed by atoms with van der Waals surface area (Å²) in [6.45, 7) is 0.725. The summed E-state index contributed by atoms with van der Waals surface area (Å²) < 4.78 is 14.9. The highest BCUT2D eigenvalue weighted by Gasteiger charge is 2.15. The van der Waals surface area contributed by atoms with E-state index >= 15 is 0 Å². The number of carbonyl (C=O) groups excluding carboxylic acids is 1. The Morgan fingerprint density at radius 3 is 2.86 bits per heavy atom. The Labute approximate surface area is 118 Å². The number of halogens is 1. The molecule has 2 rings (SSSR count). The zero-order valence-corrected chi connectivity index (χ0v) is 10.8. The second-order valence-corrected chi connectivity index (χ2v) is 4.11. The first-order valence-corrected chi connectivity index (χ1v) is 5.95. The first kappa shape index (κ1) is 14.6. The van der Waals surface area contributed by atoms with Gasteiger partial charge in [-0.1, -0.05) is 5.21 Å². The zero-order chi connectivity index (χ0) is 15.4. The maximum absolute atomic E-state index is 13.6. The number of hydrogen-bond donors (Lipinski definition) is 3. The first-order valence-electron chi connectivity index (χ1n) is 5.95. The zero-order valence-electron chi connectivity index (χ0n) is 10.8. The van der Waals surface area contributed by atoms with Gasteiger partial charge in [0.05, 0.1) is 24.0 Å². The average Bonchev–Trinajstić information content (AvgIpc) is 2.90. The molecule has 1 amide bonds. The second kappa shape index (κ2) is 6.09. The van der Waals surface area contributed by atoms with Crippen molar-refractivity contribution in [2.24, 2.45) is 5.73 Å². The van der Waals surface area contributed by atoms with Crippen molar-refractivity contribution in [2.45, 2.75) is 6.54 Å². The van der Waals surface area contributed by atoms with E-state index in [2.05, 4.69) is 15.6 Å². The van der Waals surface area contributed by atoms with Gasteiger partial charge in [-0.2, -0.15) is 0 Å². The van der Waals surface area contributed by atoms with E-state index in [-0.39, 0.29) is 16.9 Å². The van der Waals surface area contributed by atoms with Crippen LogP contribution in [0.5, 0.6) is 0 Å². The number of rotatable bonds is 5. The number of amides is 1. The summed E-state index contributed by atoms with van der Waals surface area (Å²) in [6.07, 6.45) is 1.36. The number of carboxylic acids is 1. The molecule has 0 atom stereocenters. The largest absolute Gasteiger partial charge is 0.478 e. The Morgan fingerprint density at radius 2 is 2.19 bits per heavy atom. The maximum atomic E-state index is 13.6. The molecule has 21 heavy (non-hydrogen) atoms. The number of nitrogens with one attached hydrogen (secondary N) is 1. The number of anilines is 1. The van der Waals surface area contributed by atoms with Crippen molar-refractivity contribution in [2.75, 3.05) is 11.9 Å². The molecule has 110 valence electrons. The molecule has 0 saturated heterocycles. The van der Waals surface area contributed by atoms with Crippen LogP contribution in [0.15, 0.2) is 24.4 Å². The lowest BCUT2D eigenvalue weighted by molar-refractivity contribution is 0.0696. The lowest BCUT2D eigenvalue weighted by atomic mass is 10.2. The molecule has 0 radical (unpaired) electrons. The van der Waals surface area contributed by atoms with Gasteiger partial charge in [0.25, 0.3) is 5.91 Å². The number of aromatic nitrogens is 3. The molecule has 0 saturated carbocycles. The maximum Gasteiger partial charge on any atom is 0.335 e. The van der Waals surface area contributed by atoms with Crippen LogP contribution in [0.2, 0.25) is 0 Å². The van der Waals surface area contributed by atoms with Crippen molar-refractivity contribution in [3.8, 4) is 0 Å². The number of aromatic carboxylic acids is 1. The molecule has 0 unspecified atom stereocenters. The molecule has 8 nitrogen and oxygen atoms in total. The first-order chi connectivity index (χ1) is 10.0. The fourth-order valence-electron chi connectivity index (χ4n) is 1.58. The minimum absolute atomic E-state index is 0.0245. The molecule has 4 N–H and O–H groups in total. The van der Waals surface area contributed by atoms with E-state index in [0.717, 1.165) is 18.2 Å². The Balaban J connectivity index is 2.18. The topological polar surface area (TPSA) is 123 Å². The average molecular weight is 293 g/mol. The minimum Gasteiger partial charge on any atom is -0.478 e. The van der Waals surface area contributed by atoms with Crippen LogP contribution in [0.1, 0.15) is 20.8 Å². The van der Waals surface area contributed by atoms with Crippen molar-refractivity contribution in [3.05, 3.63) is 41.5 Å². The SMILES string of the molecule is NCCn1cc(C(=O)Nc2cc(C(=O)O)ccc2F)nn1. The lowest BCUT2D eigenvalue weighted by Crippen LogP contribution is -2.14. The number of nitrogens with two attached hydrogens (primary N) is 1. The van der Waals surface area contributed by atoms with E-state index in [1.54, 1.807) is 0 Å². The van der Waals surface area contributed by atoms with Gasteiger partial charge in [0.1, 0.15) is 5.82 Å². The number of nitrogens with zero attached hydrogens (tertiary/aromatic N) is 3. The van der Waals surface area contributed by atoms with Gasteiger partial charge in [0.15, 0.2) is 5.69 Å². The van der Waals surface area contributed by atoms with Crippen LogP contribution in [0.4, 0.5) is 10.1 Å². The van der Waals surface area contributed by atoms with Crippen molar-refractivity contribution in [3.63, 3.8) is 0 Å². The highest BCUT2D eigenvalue weighted by Crippen LogP contribution is 2.17. The molecule has 0 aliphatic carbocycles. The predicted molar refractivity (Wildman–Crippen MR) is 70.4 cm³/mol. The van der Waals surface area contributed by atoms with Crippen LogP contribution < -0.4 is 11.1 Å². The molecule has 0 spiro atoms. The fourth-order valence-corrected chi connectivity index (χ4v) is 1.58. The summed E-state index contributed by atoms with van der Waals surface area (Å²) in [4.78, 5) is 22.7. The third-order valence-electron chi connectivity index (χ3n) is 2.59. The Kier molecular flexibility index (Phi) is 4.24. The van der Waals surface area contributed by atoms with Crippen molar-refractivity contribution < 1.29 is 19.1 Å². The molecule has 0 fully saturated rings. The molecular formula is C12H12FN5O3. The number of carboxylic acid groups (broad SMARTS) is 1. The highest BCUT2D eigenvalue weighted by molar-refractivity contribution is 6.03. The van der Waals surface area contributed by atoms with Crippen LogP contribution in [0, 0.1) is 5.82 Å². The Morgan fingerprint density at radius 1 is 1.43 bits per heavy atom. The quantitative estimate of drug-likeness (QED) is 0.729. The summed E-state index contributed by atoms with van der Waals surface area (Å²) in [5.74, 6) is -2.67. The molecule has 2 aromatic rings. The van der Waals surface area contributed by atoms with Crippen LogP contribution in [0.3, 0.4) is 0 Å². The minimum atomic E-state index is -1.22. The van der Waals surface area contributed by atoms with Crippen molar-refractivity contribution in [1.82, 2.24) is 15.0 Å². The fraction of sp³-hybridized carbons (Fsp3) is 0.167. The third kappa shape index (κ3) is 3.39. The van der Waals surface area contributed by atoms with Crippen LogP contribution in [-0.4, -0.2) is 38.5 Å².